The standard InChI is InChI=1S/C17H19NO/c18-10-11-1-3-15(4-2-11)17-7-12-5-13(8-17)16(19)14(6-12)9-17/h1-4,12-14,16,19H,5-9H2/t12?,13-,14+,16?,17?. The van der Waals surface area contributed by atoms with Crippen molar-refractivity contribution >= 4 is 0 Å². The second-order valence-electron chi connectivity index (χ2n) is 6.93. The first-order chi connectivity index (χ1) is 9.20. The summed E-state index contributed by atoms with van der Waals surface area (Å²) in [6, 6.07) is 10.4. The van der Waals surface area contributed by atoms with E-state index in [2.05, 4.69) is 18.2 Å². The van der Waals surface area contributed by atoms with E-state index >= 15 is 0 Å². The molecule has 0 aliphatic heterocycles. The summed E-state index contributed by atoms with van der Waals surface area (Å²) in [6.45, 7) is 0. The molecule has 4 saturated carbocycles. The molecule has 5 rings (SSSR count). The maximum Gasteiger partial charge on any atom is 0.0991 e. The van der Waals surface area contributed by atoms with E-state index in [1.807, 2.05) is 12.1 Å². The summed E-state index contributed by atoms with van der Waals surface area (Å²) in [4.78, 5) is 0. The van der Waals surface area contributed by atoms with E-state index in [1.165, 1.54) is 24.8 Å². The molecule has 98 valence electrons. The Hall–Kier alpha value is -1.33. The predicted molar refractivity (Wildman–Crippen MR) is 72.4 cm³/mol. The molecular formula is C17H19NO. The van der Waals surface area contributed by atoms with Crippen molar-refractivity contribution in [1.29, 1.82) is 5.26 Å². The van der Waals surface area contributed by atoms with Crippen molar-refractivity contribution in [2.24, 2.45) is 17.8 Å². The lowest BCUT2D eigenvalue weighted by Crippen LogP contribution is -2.55. The Bertz CT molecular complexity index is 525. The number of nitriles is 1. The molecule has 0 heterocycles. The molecule has 4 fully saturated rings. The van der Waals surface area contributed by atoms with Gasteiger partial charge in [0.1, 0.15) is 0 Å². The maximum absolute atomic E-state index is 10.3. The Morgan fingerprint density at radius 2 is 1.68 bits per heavy atom. The zero-order valence-corrected chi connectivity index (χ0v) is 11.0. The molecule has 0 radical (unpaired) electrons. The summed E-state index contributed by atoms with van der Waals surface area (Å²) >= 11 is 0. The molecule has 1 aromatic rings. The number of nitrogens with zero attached hydrogens (tertiary/aromatic N) is 1. The Balaban J connectivity index is 1.72. The average molecular weight is 253 g/mol. The Morgan fingerprint density at radius 3 is 2.26 bits per heavy atom. The zero-order chi connectivity index (χ0) is 13.0. The summed E-state index contributed by atoms with van der Waals surface area (Å²) in [7, 11) is 0. The first kappa shape index (κ1) is 11.5. The van der Waals surface area contributed by atoms with E-state index in [0.717, 1.165) is 24.3 Å². The van der Waals surface area contributed by atoms with Crippen LogP contribution < -0.4 is 0 Å². The quantitative estimate of drug-likeness (QED) is 0.836. The molecule has 2 heteroatoms. The van der Waals surface area contributed by atoms with Crippen LogP contribution in [0.1, 0.15) is 43.2 Å². The highest BCUT2D eigenvalue weighted by molar-refractivity contribution is 5.37. The molecule has 5 atom stereocenters. The van der Waals surface area contributed by atoms with Crippen LogP contribution in [0.4, 0.5) is 0 Å². The van der Waals surface area contributed by atoms with E-state index in [1.54, 1.807) is 0 Å². The van der Waals surface area contributed by atoms with Gasteiger partial charge >= 0.3 is 0 Å². The van der Waals surface area contributed by atoms with Crippen molar-refractivity contribution in [3.05, 3.63) is 35.4 Å². The molecule has 2 nitrogen and oxygen atoms in total. The molecule has 4 aliphatic carbocycles. The third-order valence-corrected chi connectivity index (χ3v) is 5.85. The lowest BCUT2D eigenvalue weighted by atomic mass is 9.47. The summed E-state index contributed by atoms with van der Waals surface area (Å²) in [5, 5.41) is 19.2. The Morgan fingerprint density at radius 1 is 1.05 bits per heavy atom. The van der Waals surface area contributed by atoms with E-state index in [9.17, 15) is 5.11 Å². The van der Waals surface area contributed by atoms with Crippen LogP contribution in [-0.4, -0.2) is 11.2 Å². The molecule has 0 amide bonds. The van der Waals surface area contributed by atoms with Crippen LogP contribution in [0.2, 0.25) is 0 Å². The van der Waals surface area contributed by atoms with Crippen LogP contribution in [-0.2, 0) is 5.41 Å². The van der Waals surface area contributed by atoms with E-state index in [0.29, 0.717) is 17.3 Å². The lowest BCUT2D eigenvalue weighted by molar-refractivity contribution is -0.106. The number of hydrogen-bond donors (Lipinski definition) is 1. The molecule has 3 unspecified atom stereocenters. The molecule has 19 heavy (non-hydrogen) atoms. The number of aliphatic hydroxyl groups is 1. The third kappa shape index (κ3) is 1.58. The summed E-state index contributed by atoms with van der Waals surface area (Å²) in [5.74, 6) is 1.85. The topological polar surface area (TPSA) is 44.0 Å². The van der Waals surface area contributed by atoms with Crippen molar-refractivity contribution in [3.63, 3.8) is 0 Å². The van der Waals surface area contributed by atoms with Gasteiger partial charge in [0.2, 0.25) is 0 Å². The van der Waals surface area contributed by atoms with Crippen molar-refractivity contribution < 1.29 is 5.11 Å². The molecule has 1 aromatic carbocycles. The van der Waals surface area contributed by atoms with Crippen LogP contribution in [0.25, 0.3) is 0 Å². The van der Waals surface area contributed by atoms with E-state index in [-0.39, 0.29) is 6.10 Å². The molecule has 0 spiro atoms. The van der Waals surface area contributed by atoms with Gasteiger partial charge in [-0.1, -0.05) is 12.1 Å². The second kappa shape index (κ2) is 3.84. The highest BCUT2D eigenvalue weighted by atomic mass is 16.3. The van der Waals surface area contributed by atoms with Gasteiger partial charge in [-0.25, -0.2) is 0 Å². The normalized spacial score (nSPS) is 43.2. The van der Waals surface area contributed by atoms with Crippen molar-refractivity contribution in [3.8, 4) is 6.07 Å². The number of hydrogen-bond acceptors (Lipinski definition) is 2. The van der Waals surface area contributed by atoms with Crippen molar-refractivity contribution in [1.82, 2.24) is 0 Å². The zero-order valence-electron chi connectivity index (χ0n) is 11.0. The smallest absolute Gasteiger partial charge is 0.0991 e. The minimum absolute atomic E-state index is 0.0527. The highest BCUT2D eigenvalue weighted by Crippen LogP contribution is 2.60. The van der Waals surface area contributed by atoms with Crippen molar-refractivity contribution in [2.45, 2.75) is 43.6 Å². The largest absolute Gasteiger partial charge is 0.393 e. The third-order valence-electron chi connectivity index (χ3n) is 5.85. The molecular weight excluding hydrogens is 234 g/mol. The SMILES string of the molecule is N#Cc1ccc(C23CC4C[C@H](C2)C(O)[C@@H](C4)C3)cc1. The number of aliphatic hydroxyl groups excluding tert-OH is 1. The lowest BCUT2D eigenvalue weighted by Gasteiger charge is -2.59. The molecule has 1 N–H and O–H groups in total. The maximum atomic E-state index is 10.3. The monoisotopic (exact) mass is 253 g/mol. The minimum atomic E-state index is -0.0527. The van der Waals surface area contributed by atoms with Gasteiger partial charge in [-0.3, -0.25) is 0 Å². The van der Waals surface area contributed by atoms with Crippen LogP contribution in [0.15, 0.2) is 24.3 Å². The number of rotatable bonds is 1. The fourth-order valence-corrected chi connectivity index (χ4v) is 5.25. The van der Waals surface area contributed by atoms with Crippen LogP contribution in [0.3, 0.4) is 0 Å². The minimum Gasteiger partial charge on any atom is -0.393 e. The first-order valence-corrected chi connectivity index (χ1v) is 7.39. The fourth-order valence-electron chi connectivity index (χ4n) is 5.25. The summed E-state index contributed by atoms with van der Waals surface area (Å²) in [5.41, 5.74) is 2.44. The van der Waals surface area contributed by atoms with Crippen LogP contribution >= 0.6 is 0 Å². The van der Waals surface area contributed by atoms with Crippen LogP contribution in [0, 0.1) is 29.1 Å². The van der Waals surface area contributed by atoms with Gasteiger partial charge in [-0.2, -0.15) is 5.26 Å². The second-order valence-corrected chi connectivity index (χ2v) is 6.93. The van der Waals surface area contributed by atoms with Gasteiger partial charge in [-0.15, -0.1) is 0 Å². The Labute approximate surface area is 114 Å². The first-order valence-electron chi connectivity index (χ1n) is 7.39. The predicted octanol–water partition coefficient (Wildman–Crippen LogP) is 3.00. The van der Waals surface area contributed by atoms with Gasteiger partial charge in [0.15, 0.2) is 0 Å². The summed E-state index contributed by atoms with van der Waals surface area (Å²) < 4.78 is 0. The fraction of sp³-hybridized carbons (Fsp3) is 0.588. The van der Waals surface area contributed by atoms with Gasteiger partial charge in [0.25, 0.3) is 0 Å². The Kier molecular flexibility index (Phi) is 2.32. The molecule has 4 bridgehead atoms. The molecule has 0 saturated heterocycles. The van der Waals surface area contributed by atoms with E-state index < -0.39 is 0 Å². The highest BCUT2D eigenvalue weighted by Gasteiger charge is 2.55. The number of benzene rings is 1. The van der Waals surface area contributed by atoms with Crippen molar-refractivity contribution in [2.75, 3.05) is 0 Å². The van der Waals surface area contributed by atoms with Gasteiger partial charge in [0, 0.05) is 0 Å². The van der Waals surface area contributed by atoms with Gasteiger partial charge in [-0.05, 0) is 73.0 Å². The van der Waals surface area contributed by atoms with Gasteiger partial charge < -0.3 is 5.11 Å². The average Bonchev–Trinajstić information content (AvgIpc) is 2.44. The van der Waals surface area contributed by atoms with Crippen LogP contribution in [0.5, 0.6) is 0 Å². The summed E-state index contributed by atoms with van der Waals surface area (Å²) in [6.07, 6.45) is 5.99. The molecule has 0 aromatic heterocycles. The van der Waals surface area contributed by atoms with E-state index in [4.69, 9.17) is 5.26 Å². The van der Waals surface area contributed by atoms with Gasteiger partial charge in [0.05, 0.1) is 17.7 Å². The molecule has 4 aliphatic rings.